The zero-order valence-corrected chi connectivity index (χ0v) is 15.7. The highest BCUT2D eigenvalue weighted by atomic mass is 16.7. The van der Waals surface area contributed by atoms with Gasteiger partial charge in [0.15, 0.2) is 11.5 Å². The van der Waals surface area contributed by atoms with Crippen molar-refractivity contribution in [3.63, 3.8) is 0 Å². The summed E-state index contributed by atoms with van der Waals surface area (Å²) in [6.07, 6.45) is 2.33. The van der Waals surface area contributed by atoms with E-state index in [4.69, 9.17) is 9.47 Å². The molecule has 0 aromatic heterocycles. The van der Waals surface area contributed by atoms with Crippen LogP contribution in [0.15, 0.2) is 48.5 Å². The Bertz CT molecular complexity index is 954. The molecule has 2 amide bonds. The zero-order chi connectivity index (χ0) is 19.4. The van der Waals surface area contributed by atoms with Gasteiger partial charge in [-0.1, -0.05) is 30.3 Å². The molecule has 2 heterocycles. The number of fused-ring (bicyclic) bond motifs is 1. The quantitative estimate of drug-likeness (QED) is 0.888. The molecule has 3 aliphatic rings. The van der Waals surface area contributed by atoms with E-state index in [0.29, 0.717) is 30.2 Å². The van der Waals surface area contributed by atoms with E-state index < -0.39 is 11.0 Å². The van der Waals surface area contributed by atoms with Gasteiger partial charge in [-0.3, -0.25) is 9.59 Å². The lowest BCUT2D eigenvalue weighted by atomic mass is 9.82. The van der Waals surface area contributed by atoms with Gasteiger partial charge >= 0.3 is 0 Å². The average Bonchev–Trinajstić information content (AvgIpc) is 3.39. The summed E-state index contributed by atoms with van der Waals surface area (Å²) in [6, 6.07) is 15.2. The average molecular weight is 378 g/mol. The normalized spacial score (nSPS) is 23.7. The molecule has 6 nitrogen and oxygen atoms in total. The molecule has 0 bridgehead atoms. The minimum atomic E-state index is -0.835. The topological polar surface area (TPSA) is 67.9 Å². The summed E-state index contributed by atoms with van der Waals surface area (Å²) >= 11 is 0. The van der Waals surface area contributed by atoms with Crippen LogP contribution >= 0.6 is 0 Å². The third kappa shape index (κ3) is 2.47. The lowest BCUT2D eigenvalue weighted by Gasteiger charge is -2.50. The van der Waals surface area contributed by atoms with Gasteiger partial charge in [-0.25, -0.2) is 0 Å². The lowest BCUT2D eigenvalue weighted by molar-refractivity contribution is -0.156. The van der Waals surface area contributed by atoms with Crippen LogP contribution in [0.4, 0.5) is 5.69 Å². The molecule has 1 aliphatic carbocycles. The first-order valence-corrected chi connectivity index (χ1v) is 9.62. The van der Waals surface area contributed by atoms with Crippen LogP contribution < -0.4 is 14.8 Å². The summed E-state index contributed by atoms with van der Waals surface area (Å²) in [6.45, 7) is 2.64. The van der Waals surface area contributed by atoms with Crippen LogP contribution in [0.5, 0.6) is 11.5 Å². The molecule has 6 heteroatoms. The molecule has 2 aromatic rings. The van der Waals surface area contributed by atoms with Gasteiger partial charge in [-0.15, -0.1) is 0 Å². The van der Waals surface area contributed by atoms with Gasteiger partial charge in [-0.2, -0.15) is 0 Å². The molecule has 1 N–H and O–H groups in total. The fourth-order valence-electron chi connectivity index (χ4n) is 4.13. The fraction of sp³-hybridized carbons (Fsp3) is 0.364. The zero-order valence-electron chi connectivity index (χ0n) is 15.7. The van der Waals surface area contributed by atoms with Gasteiger partial charge in [0.05, 0.1) is 5.41 Å². The summed E-state index contributed by atoms with van der Waals surface area (Å²) in [5.41, 5.74) is 0.393. The molecule has 2 aromatic carbocycles. The van der Waals surface area contributed by atoms with Crippen molar-refractivity contribution in [2.75, 3.05) is 18.7 Å². The number of anilines is 1. The van der Waals surface area contributed by atoms with Gasteiger partial charge in [0.1, 0.15) is 5.54 Å². The number of carbonyl (C=O) groups is 2. The van der Waals surface area contributed by atoms with Gasteiger partial charge in [0, 0.05) is 18.3 Å². The summed E-state index contributed by atoms with van der Waals surface area (Å²) in [5, 5.41) is 2.94. The number of ether oxygens (including phenoxy) is 2. The van der Waals surface area contributed by atoms with Crippen molar-refractivity contribution < 1.29 is 19.1 Å². The van der Waals surface area contributed by atoms with Crippen molar-refractivity contribution in [2.45, 2.75) is 37.1 Å². The van der Waals surface area contributed by atoms with E-state index in [1.165, 1.54) is 0 Å². The number of benzene rings is 2. The highest BCUT2D eigenvalue weighted by Crippen LogP contribution is 2.52. The number of rotatable bonds is 4. The molecule has 144 valence electrons. The molecular weight excluding hydrogens is 356 g/mol. The van der Waals surface area contributed by atoms with Crippen molar-refractivity contribution in [3.05, 3.63) is 54.1 Å². The Kier molecular flexibility index (Phi) is 3.66. The molecular formula is C22H22N2O4. The standard InChI is InChI=1S/C22H22N2O4/c1-21(19(25)23-16-7-8-17-18(13-16)28-14-27-17)11-12-24(21)20(26)22(9-10-22)15-5-3-2-4-6-15/h2-8,13H,9-12,14H2,1H3,(H,23,25). The molecule has 0 radical (unpaired) electrons. The van der Waals surface area contributed by atoms with Crippen molar-refractivity contribution in [3.8, 4) is 11.5 Å². The molecule has 28 heavy (non-hydrogen) atoms. The molecule has 2 aliphatic heterocycles. The third-order valence-electron chi connectivity index (χ3n) is 6.27. The number of hydrogen-bond donors (Lipinski definition) is 1. The first kappa shape index (κ1) is 17.1. The van der Waals surface area contributed by atoms with E-state index in [1.807, 2.05) is 37.3 Å². The number of likely N-dealkylation sites (tertiary alicyclic amines) is 1. The second kappa shape index (κ2) is 5.99. The summed E-state index contributed by atoms with van der Waals surface area (Å²) in [7, 11) is 0. The number of amides is 2. The van der Waals surface area contributed by atoms with Crippen LogP contribution in [-0.2, 0) is 15.0 Å². The first-order chi connectivity index (χ1) is 13.5. The Morgan fingerprint density at radius 2 is 1.75 bits per heavy atom. The maximum Gasteiger partial charge on any atom is 0.250 e. The largest absolute Gasteiger partial charge is 0.454 e. The molecule has 5 rings (SSSR count). The minimum absolute atomic E-state index is 0.0632. The van der Waals surface area contributed by atoms with Crippen molar-refractivity contribution in [1.82, 2.24) is 4.90 Å². The van der Waals surface area contributed by atoms with Crippen LogP contribution in [0, 0.1) is 0 Å². The van der Waals surface area contributed by atoms with Gasteiger partial charge in [-0.05, 0) is 43.9 Å². The van der Waals surface area contributed by atoms with Crippen molar-refractivity contribution in [2.24, 2.45) is 0 Å². The van der Waals surface area contributed by atoms with E-state index in [1.54, 1.807) is 23.1 Å². The van der Waals surface area contributed by atoms with Crippen molar-refractivity contribution in [1.29, 1.82) is 0 Å². The summed E-state index contributed by atoms with van der Waals surface area (Å²) < 4.78 is 10.7. The summed E-state index contributed by atoms with van der Waals surface area (Å²) in [4.78, 5) is 28.1. The van der Waals surface area contributed by atoms with Crippen LogP contribution in [0.2, 0.25) is 0 Å². The maximum atomic E-state index is 13.3. The Morgan fingerprint density at radius 1 is 1.00 bits per heavy atom. The SMILES string of the molecule is CC1(C(=O)Nc2ccc3c(c2)OCO3)CCN1C(=O)C1(c2ccccc2)CC1. The second-order valence-electron chi connectivity index (χ2n) is 7.95. The third-order valence-corrected chi connectivity index (χ3v) is 6.27. The Labute approximate surface area is 163 Å². The second-order valence-corrected chi connectivity index (χ2v) is 7.95. The predicted octanol–water partition coefficient (Wildman–Crippen LogP) is 3.08. The minimum Gasteiger partial charge on any atom is -0.454 e. The number of nitrogens with zero attached hydrogens (tertiary/aromatic N) is 1. The van der Waals surface area contributed by atoms with Crippen LogP contribution in [0.25, 0.3) is 0 Å². The molecule has 1 saturated heterocycles. The van der Waals surface area contributed by atoms with Crippen LogP contribution in [0.1, 0.15) is 31.7 Å². The fourth-order valence-corrected chi connectivity index (χ4v) is 4.13. The first-order valence-electron chi connectivity index (χ1n) is 9.62. The van der Waals surface area contributed by atoms with E-state index in [-0.39, 0.29) is 18.6 Å². The molecule has 0 spiro atoms. The summed E-state index contributed by atoms with van der Waals surface area (Å²) in [5.74, 6) is 1.18. The Balaban J connectivity index is 1.34. The highest BCUT2D eigenvalue weighted by molar-refractivity contribution is 6.03. The van der Waals surface area contributed by atoms with Crippen molar-refractivity contribution >= 4 is 17.5 Å². The molecule has 2 fully saturated rings. The van der Waals surface area contributed by atoms with Gasteiger partial charge < -0.3 is 19.7 Å². The maximum absolute atomic E-state index is 13.3. The van der Waals surface area contributed by atoms with E-state index >= 15 is 0 Å². The Hall–Kier alpha value is -3.02. The highest BCUT2D eigenvalue weighted by Gasteiger charge is 2.59. The smallest absolute Gasteiger partial charge is 0.250 e. The lowest BCUT2D eigenvalue weighted by Crippen LogP contribution is -2.67. The van der Waals surface area contributed by atoms with E-state index in [0.717, 1.165) is 18.4 Å². The molecule has 1 atom stereocenters. The molecule has 1 saturated carbocycles. The molecule has 1 unspecified atom stereocenters. The van der Waals surface area contributed by atoms with Crippen LogP contribution in [-0.4, -0.2) is 35.6 Å². The van der Waals surface area contributed by atoms with Crippen LogP contribution in [0.3, 0.4) is 0 Å². The monoisotopic (exact) mass is 378 g/mol. The predicted molar refractivity (Wildman–Crippen MR) is 103 cm³/mol. The van der Waals surface area contributed by atoms with Gasteiger partial charge in [0.2, 0.25) is 18.6 Å². The van der Waals surface area contributed by atoms with Gasteiger partial charge in [0.25, 0.3) is 0 Å². The number of nitrogens with one attached hydrogen (secondary N) is 1. The number of carbonyl (C=O) groups excluding carboxylic acids is 2. The number of hydrogen-bond acceptors (Lipinski definition) is 4. The van der Waals surface area contributed by atoms with E-state index in [2.05, 4.69) is 5.32 Å². The van der Waals surface area contributed by atoms with E-state index in [9.17, 15) is 9.59 Å². The Morgan fingerprint density at radius 3 is 2.43 bits per heavy atom.